The Labute approximate surface area is 217 Å². The molecule has 1 aliphatic rings. The summed E-state index contributed by atoms with van der Waals surface area (Å²) in [6.07, 6.45) is -5.01. The summed E-state index contributed by atoms with van der Waals surface area (Å²) in [5.41, 5.74) is 2.16. The summed E-state index contributed by atoms with van der Waals surface area (Å²) in [6, 6.07) is 15.6. The summed E-state index contributed by atoms with van der Waals surface area (Å²) in [5.74, 6) is -2.29. The highest BCUT2D eigenvalue weighted by Crippen LogP contribution is 2.43. The molecule has 0 aliphatic carbocycles. The van der Waals surface area contributed by atoms with E-state index in [4.69, 9.17) is 4.74 Å². The number of ketones is 1. The minimum absolute atomic E-state index is 0.0104. The fraction of sp³-hybridized carbons (Fsp3) is 0.241. The van der Waals surface area contributed by atoms with Gasteiger partial charge in [0.1, 0.15) is 17.3 Å². The van der Waals surface area contributed by atoms with Crippen LogP contribution in [-0.4, -0.2) is 29.3 Å². The molecule has 1 saturated heterocycles. The number of nitrogens with zero attached hydrogens (tertiary/aromatic N) is 1. The maximum Gasteiger partial charge on any atom is 0.573 e. The lowest BCUT2D eigenvalue weighted by Gasteiger charge is -2.26. The molecule has 1 fully saturated rings. The van der Waals surface area contributed by atoms with E-state index in [1.807, 2.05) is 26.8 Å². The molecule has 3 aromatic rings. The molecule has 4 rings (SSSR count). The van der Waals surface area contributed by atoms with Gasteiger partial charge >= 0.3 is 6.36 Å². The molecule has 0 aromatic heterocycles. The lowest BCUT2D eigenvalue weighted by molar-refractivity contribution is -0.274. The number of benzene rings is 3. The molecule has 198 valence electrons. The van der Waals surface area contributed by atoms with Crippen LogP contribution >= 0.6 is 0 Å². The molecular formula is C29H26F3NO5. The zero-order valence-electron chi connectivity index (χ0n) is 21.2. The Kier molecular flexibility index (Phi) is 7.22. The number of Topliss-reactive ketones (excluding diaryl/α,β-unsaturated/α-hetero) is 1. The van der Waals surface area contributed by atoms with E-state index in [-0.39, 0.29) is 17.4 Å². The summed E-state index contributed by atoms with van der Waals surface area (Å²) in [7, 11) is 0. The van der Waals surface area contributed by atoms with Crippen molar-refractivity contribution in [1.82, 2.24) is 0 Å². The van der Waals surface area contributed by atoms with Gasteiger partial charge in [-0.2, -0.15) is 0 Å². The molecule has 1 amide bonds. The first-order valence-corrected chi connectivity index (χ1v) is 11.9. The molecule has 0 radical (unpaired) electrons. The van der Waals surface area contributed by atoms with Gasteiger partial charge in [0.25, 0.3) is 11.7 Å². The SMILES string of the molecule is Cc1cccc(C2/C(=C(\O)c3ccc(OC(C)C)c(C)c3)C(=O)C(=O)N2c2cccc(OC(F)(F)F)c2)c1. The second-order valence-electron chi connectivity index (χ2n) is 9.28. The lowest BCUT2D eigenvalue weighted by atomic mass is 9.94. The Bertz CT molecular complexity index is 1430. The number of carbonyl (C=O) groups is 2. The minimum Gasteiger partial charge on any atom is -0.507 e. The molecule has 38 heavy (non-hydrogen) atoms. The molecule has 1 heterocycles. The molecule has 1 N–H and O–H groups in total. The highest BCUT2D eigenvalue weighted by molar-refractivity contribution is 6.51. The van der Waals surface area contributed by atoms with Crippen molar-refractivity contribution in [3.05, 3.63) is 94.6 Å². The van der Waals surface area contributed by atoms with Crippen LogP contribution in [0.4, 0.5) is 18.9 Å². The van der Waals surface area contributed by atoms with Crippen LogP contribution in [0.1, 0.15) is 42.1 Å². The van der Waals surface area contributed by atoms with E-state index < -0.39 is 35.6 Å². The van der Waals surface area contributed by atoms with E-state index in [1.54, 1.807) is 43.3 Å². The molecule has 3 aromatic carbocycles. The average Bonchev–Trinajstić information content (AvgIpc) is 3.09. The zero-order chi connectivity index (χ0) is 27.8. The topological polar surface area (TPSA) is 76.1 Å². The fourth-order valence-corrected chi connectivity index (χ4v) is 4.42. The van der Waals surface area contributed by atoms with Crippen LogP contribution in [0.2, 0.25) is 0 Å². The fourth-order valence-electron chi connectivity index (χ4n) is 4.42. The van der Waals surface area contributed by atoms with Gasteiger partial charge < -0.3 is 14.6 Å². The number of aliphatic hydroxyl groups is 1. The first kappa shape index (κ1) is 26.8. The molecular weight excluding hydrogens is 499 g/mol. The van der Waals surface area contributed by atoms with Gasteiger partial charge in [-0.1, -0.05) is 35.9 Å². The summed E-state index contributed by atoms with van der Waals surface area (Å²) < 4.78 is 48.3. The van der Waals surface area contributed by atoms with Gasteiger partial charge in [0, 0.05) is 17.3 Å². The number of anilines is 1. The third-order valence-electron chi connectivity index (χ3n) is 5.94. The largest absolute Gasteiger partial charge is 0.573 e. The molecule has 0 spiro atoms. The highest BCUT2D eigenvalue weighted by atomic mass is 19.4. The zero-order valence-corrected chi connectivity index (χ0v) is 21.2. The molecule has 1 aliphatic heterocycles. The van der Waals surface area contributed by atoms with E-state index >= 15 is 0 Å². The number of halogens is 3. The van der Waals surface area contributed by atoms with Crippen LogP contribution in [0, 0.1) is 13.8 Å². The van der Waals surface area contributed by atoms with Gasteiger partial charge in [0.15, 0.2) is 0 Å². The lowest BCUT2D eigenvalue weighted by Crippen LogP contribution is -2.29. The Hall–Kier alpha value is -4.27. The molecule has 1 atom stereocenters. The van der Waals surface area contributed by atoms with E-state index in [0.29, 0.717) is 22.4 Å². The monoisotopic (exact) mass is 525 g/mol. The number of aliphatic hydroxyl groups excluding tert-OH is 1. The quantitative estimate of drug-likeness (QED) is 0.223. The van der Waals surface area contributed by atoms with Crippen molar-refractivity contribution in [3.63, 3.8) is 0 Å². The van der Waals surface area contributed by atoms with E-state index in [1.165, 1.54) is 12.1 Å². The third-order valence-corrected chi connectivity index (χ3v) is 5.94. The van der Waals surface area contributed by atoms with E-state index in [0.717, 1.165) is 22.6 Å². The number of alkyl halides is 3. The Morgan fingerprint density at radius 1 is 0.974 bits per heavy atom. The van der Waals surface area contributed by atoms with Crippen molar-refractivity contribution in [2.45, 2.75) is 46.2 Å². The highest BCUT2D eigenvalue weighted by Gasteiger charge is 2.47. The summed E-state index contributed by atoms with van der Waals surface area (Å²) in [4.78, 5) is 27.7. The summed E-state index contributed by atoms with van der Waals surface area (Å²) in [5, 5.41) is 11.3. The van der Waals surface area contributed by atoms with Crippen molar-refractivity contribution in [1.29, 1.82) is 0 Å². The molecule has 0 bridgehead atoms. The van der Waals surface area contributed by atoms with Crippen LogP contribution in [0.3, 0.4) is 0 Å². The molecule has 1 unspecified atom stereocenters. The number of amides is 1. The van der Waals surface area contributed by atoms with Gasteiger partial charge in [0.05, 0.1) is 17.7 Å². The predicted molar refractivity (Wildman–Crippen MR) is 136 cm³/mol. The van der Waals surface area contributed by atoms with Gasteiger partial charge in [-0.15, -0.1) is 13.2 Å². The minimum atomic E-state index is -4.94. The molecule has 0 saturated carbocycles. The number of aryl methyl sites for hydroxylation is 2. The number of hydrogen-bond donors (Lipinski definition) is 1. The van der Waals surface area contributed by atoms with Crippen molar-refractivity contribution in [3.8, 4) is 11.5 Å². The number of carbonyl (C=O) groups excluding carboxylic acids is 2. The third kappa shape index (κ3) is 5.51. The van der Waals surface area contributed by atoms with Crippen LogP contribution < -0.4 is 14.4 Å². The van der Waals surface area contributed by atoms with Gasteiger partial charge in [-0.05, 0) is 69.2 Å². The normalized spacial score (nSPS) is 17.3. The Balaban J connectivity index is 1.88. The number of ether oxygens (including phenoxy) is 2. The number of rotatable bonds is 6. The van der Waals surface area contributed by atoms with Crippen LogP contribution in [0.15, 0.2) is 72.3 Å². The van der Waals surface area contributed by atoms with Crippen LogP contribution in [0.5, 0.6) is 11.5 Å². The summed E-state index contributed by atoms with van der Waals surface area (Å²) >= 11 is 0. The van der Waals surface area contributed by atoms with Gasteiger partial charge in [-0.25, -0.2) is 0 Å². The maximum absolute atomic E-state index is 13.3. The van der Waals surface area contributed by atoms with Gasteiger partial charge in [-0.3, -0.25) is 14.5 Å². The van der Waals surface area contributed by atoms with Crippen LogP contribution in [0.25, 0.3) is 5.76 Å². The maximum atomic E-state index is 13.3. The van der Waals surface area contributed by atoms with E-state index in [9.17, 15) is 27.9 Å². The van der Waals surface area contributed by atoms with E-state index in [2.05, 4.69) is 4.74 Å². The average molecular weight is 526 g/mol. The van der Waals surface area contributed by atoms with Crippen molar-refractivity contribution >= 4 is 23.1 Å². The second-order valence-corrected chi connectivity index (χ2v) is 9.28. The van der Waals surface area contributed by atoms with Gasteiger partial charge in [0.2, 0.25) is 0 Å². The Morgan fingerprint density at radius 2 is 1.68 bits per heavy atom. The predicted octanol–water partition coefficient (Wildman–Crippen LogP) is 6.62. The smallest absolute Gasteiger partial charge is 0.507 e. The van der Waals surface area contributed by atoms with Crippen molar-refractivity contribution < 1.29 is 37.3 Å². The Morgan fingerprint density at radius 3 is 2.32 bits per heavy atom. The summed E-state index contributed by atoms with van der Waals surface area (Å²) in [6.45, 7) is 7.37. The van der Waals surface area contributed by atoms with Crippen molar-refractivity contribution in [2.75, 3.05) is 4.90 Å². The first-order chi connectivity index (χ1) is 17.9. The standard InChI is InChI=1S/C29H26F3NO5/c1-16(2)37-23-12-11-20(14-18(23)4)26(34)24-25(19-8-5-7-17(3)13-19)33(28(36)27(24)35)21-9-6-10-22(15-21)38-29(30,31)32/h5-16,25,34H,1-4H3/b26-24+. The van der Waals surface area contributed by atoms with Crippen LogP contribution in [-0.2, 0) is 9.59 Å². The van der Waals surface area contributed by atoms with Crippen molar-refractivity contribution in [2.24, 2.45) is 0 Å². The number of hydrogen-bond acceptors (Lipinski definition) is 5. The molecule has 6 nitrogen and oxygen atoms in total. The molecule has 9 heteroatoms. The first-order valence-electron chi connectivity index (χ1n) is 11.9. The second kappa shape index (κ2) is 10.2.